The number of hydrogen-bond acceptors (Lipinski definition) is 3. The standard InChI is InChI=1S/C9H21NO3S/c1-3-7-14(12,13)10-8-9(4-2)5-6-11/h9-11H,3-8H2,1-2H3. The molecule has 0 saturated heterocycles. The van der Waals surface area contributed by atoms with E-state index < -0.39 is 10.0 Å². The van der Waals surface area contributed by atoms with Gasteiger partial charge in [0, 0.05) is 13.2 Å². The van der Waals surface area contributed by atoms with E-state index in [-0.39, 0.29) is 18.3 Å². The van der Waals surface area contributed by atoms with Gasteiger partial charge in [0.25, 0.3) is 0 Å². The molecule has 86 valence electrons. The van der Waals surface area contributed by atoms with E-state index in [0.29, 0.717) is 19.4 Å². The molecule has 0 aromatic carbocycles. The number of rotatable bonds is 8. The summed E-state index contributed by atoms with van der Waals surface area (Å²) in [6, 6.07) is 0. The highest BCUT2D eigenvalue weighted by atomic mass is 32.2. The van der Waals surface area contributed by atoms with Crippen LogP contribution in [-0.4, -0.2) is 32.4 Å². The Kier molecular flexibility index (Phi) is 7.13. The largest absolute Gasteiger partial charge is 0.396 e. The second kappa shape index (κ2) is 7.20. The summed E-state index contributed by atoms with van der Waals surface area (Å²) in [6.07, 6.45) is 2.17. The molecule has 0 fully saturated rings. The Morgan fingerprint density at radius 1 is 1.36 bits per heavy atom. The first-order valence-corrected chi connectivity index (χ1v) is 6.79. The lowest BCUT2D eigenvalue weighted by Crippen LogP contribution is -2.31. The lowest BCUT2D eigenvalue weighted by Gasteiger charge is -2.14. The van der Waals surface area contributed by atoms with E-state index in [9.17, 15) is 8.42 Å². The first-order valence-electron chi connectivity index (χ1n) is 5.13. The Bertz CT molecular complexity index is 226. The monoisotopic (exact) mass is 223 g/mol. The van der Waals surface area contributed by atoms with E-state index in [4.69, 9.17) is 5.11 Å². The minimum Gasteiger partial charge on any atom is -0.396 e. The summed E-state index contributed by atoms with van der Waals surface area (Å²) < 4.78 is 25.1. The van der Waals surface area contributed by atoms with Crippen LogP contribution in [-0.2, 0) is 10.0 Å². The van der Waals surface area contributed by atoms with Gasteiger partial charge >= 0.3 is 0 Å². The maximum absolute atomic E-state index is 11.3. The zero-order valence-electron chi connectivity index (χ0n) is 8.99. The number of sulfonamides is 1. The van der Waals surface area contributed by atoms with Gasteiger partial charge in [-0.2, -0.15) is 0 Å². The van der Waals surface area contributed by atoms with Crippen LogP contribution in [0.2, 0.25) is 0 Å². The van der Waals surface area contributed by atoms with Crippen molar-refractivity contribution in [1.82, 2.24) is 4.72 Å². The molecule has 4 nitrogen and oxygen atoms in total. The molecule has 0 aliphatic carbocycles. The van der Waals surface area contributed by atoms with Crippen LogP contribution >= 0.6 is 0 Å². The molecule has 2 N–H and O–H groups in total. The fourth-order valence-corrected chi connectivity index (χ4v) is 2.39. The summed E-state index contributed by atoms with van der Waals surface area (Å²) in [5.74, 6) is 0.425. The van der Waals surface area contributed by atoms with Crippen LogP contribution in [0.5, 0.6) is 0 Å². The van der Waals surface area contributed by atoms with Crippen molar-refractivity contribution < 1.29 is 13.5 Å². The molecule has 0 heterocycles. The SMILES string of the molecule is CCCS(=O)(=O)NCC(CC)CCO. The van der Waals surface area contributed by atoms with Crippen molar-refractivity contribution in [2.75, 3.05) is 18.9 Å². The van der Waals surface area contributed by atoms with Crippen molar-refractivity contribution in [2.45, 2.75) is 33.1 Å². The average Bonchev–Trinajstić information content (AvgIpc) is 2.12. The zero-order chi connectivity index (χ0) is 11.0. The molecule has 0 rings (SSSR count). The molecule has 14 heavy (non-hydrogen) atoms. The highest BCUT2D eigenvalue weighted by Gasteiger charge is 2.11. The molecule has 5 heteroatoms. The first-order chi connectivity index (χ1) is 6.55. The summed E-state index contributed by atoms with van der Waals surface area (Å²) >= 11 is 0. The predicted octanol–water partition coefficient (Wildman–Crippen LogP) is 0.724. The molecule has 0 spiro atoms. The predicted molar refractivity (Wildman–Crippen MR) is 57.6 cm³/mol. The van der Waals surface area contributed by atoms with Crippen LogP contribution < -0.4 is 4.72 Å². The maximum atomic E-state index is 11.3. The van der Waals surface area contributed by atoms with Gasteiger partial charge < -0.3 is 5.11 Å². The summed E-state index contributed by atoms with van der Waals surface area (Å²) in [6.45, 7) is 4.39. The van der Waals surface area contributed by atoms with Gasteiger partial charge in [0.15, 0.2) is 0 Å². The van der Waals surface area contributed by atoms with Crippen LogP contribution in [0, 0.1) is 5.92 Å². The Balaban J connectivity index is 3.89. The van der Waals surface area contributed by atoms with Gasteiger partial charge in [0.2, 0.25) is 10.0 Å². The van der Waals surface area contributed by atoms with Crippen LogP contribution in [0.4, 0.5) is 0 Å². The molecule has 0 aromatic rings. The average molecular weight is 223 g/mol. The molecular weight excluding hydrogens is 202 g/mol. The van der Waals surface area contributed by atoms with E-state index in [2.05, 4.69) is 4.72 Å². The topological polar surface area (TPSA) is 66.4 Å². The summed E-state index contributed by atoms with van der Waals surface area (Å²) in [4.78, 5) is 0. The second-order valence-electron chi connectivity index (χ2n) is 3.45. The highest BCUT2D eigenvalue weighted by Crippen LogP contribution is 2.06. The summed E-state index contributed by atoms with van der Waals surface area (Å²) in [5, 5.41) is 8.72. The Hall–Kier alpha value is -0.130. The smallest absolute Gasteiger partial charge is 0.211 e. The lowest BCUT2D eigenvalue weighted by molar-refractivity contribution is 0.254. The van der Waals surface area contributed by atoms with Gasteiger partial charge in [-0.3, -0.25) is 0 Å². The van der Waals surface area contributed by atoms with E-state index in [1.807, 2.05) is 13.8 Å². The van der Waals surface area contributed by atoms with Crippen LogP contribution in [0.15, 0.2) is 0 Å². The highest BCUT2D eigenvalue weighted by molar-refractivity contribution is 7.89. The minimum atomic E-state index is -3.09. The Labute approximate surface area is 86.8 Å². The van der Waals surface area contributed by atoms with Gasteiger partial charge in [0.05, 0.1) is 5.75 Å². The van der Waals surface area contributed by atoms with Crippen molar-refractivity contribution in [3.8, 4) is 0 Å². The van der Waals surface area contributed by atoms with E-state index >= 15 is 0 Å². The number of hydrogen-bond donors (Lipinski definition) is 2. The molecule has 0 bridgehead atoms. The van der Waals surface area contributed by atoms with Gasteiger partial charge in [-0.05, 0) is 18.8 Å². The normalized spacial score (nSPS) is 14.2. The molecule has 1 unspecified atom stereocenters. The van der Waals surface area contributed by atoms with Crippen molar-refractivity contribution in [3.05, 3.63) is 0 Å². The zero-order valence-corrected chi connectivity index (χ0v) is 9.81. The molecule has 0 amide bonds. The molecule has 0 aliphatic heterocycles. The number of nitrogens with one attached hydrogen (secondary N) is 1. The summed E-state index contributed by atoms with van der Waals surface area (Å²) in [7, 11) is -3.09. The minimum absolute atomic E-state index is 0.119. The van der Waals surface area contributed by atoms with Crippen LogP contribution in [0.25, 0.3) is 0 Å². The molecule has 0 aliphatic rings. The maximum Gasteiger partial charge on any atom is 0.211 e. The van der Waals surface area contributed by atoms with Gasteiger partial charge in [-0.15, -0.1) is 0 Å². The second-order valence-corrected chi connectivity index (χ2v) is 5.38. The molecular formula is C9H21NO3S. The van der Waals surface area contributed by atoms with Crippen LogP contribution in [0.1, 0.15) is 33.1 Å². The first kappa shape index (κ1) is 13.9. The van der Waals surface area contributed by atoms with Crippen molar-refractivity contribution in [3.63, 3.8) is 0 Å². The van der Waals surface area contributed by atoms with E-state index in [1.165, 1.54) is 0 Å². The van der Waals surface area contributed by atoms with E-state index in [0.717, 1.165) is 6.42 Å². The Morgan fingerprint density at radius 3 is 2.43 bits per heavy atom. The van der Waals surface area contributed by atoms with E-state index in [1.54, 1.807) is 0 Å². The fraction of sp³-hybridized carbons (Fsp3) is 1.00. The van der Waals surface area contributed by atoms with Gasteiger partial charge in [0.1, 0.15) is 0 Å². The number of aliphatic hydroxyl groups excluding tert-OH is 1. The molecule has 0 aromatic heterocycles. The third kappa shape index (κ3) is 6.34. The van der Waals surface area contributed by atoms with Crippen molar-refractivity contribution >= 4 is 10.0 Å². The van der Waals surface area contributed by atoms with Crippen molar-refractivity contribution in [2.24, 2.45) is 5.92 Å². The van der Waals surface area contributed by atoms with Gasteiger partial charge in [-0.25, -0.2) is 13.1 Å². The van der Waals surface area contributed by atoms with Gasteiger partial charge in [-0.1, -0.05) is 20.3 Å². The Morgan fingerprint density at radius 2 is 2.00 bits per heavy atom. The molecule has 0 radical (unpaired) electrons. The third-order valence-corrected chi connectivity index (χ3v) is 3.73. The summed E-state index contributed by atoms with van der Waals surface area (Å²) in [5.41, 5.74) is 0. The van der Waals surface area contributed by atoms with Crippen LogP contribution in [0.3, 0.4) is 0 Å². The van der Waals surface area contributed by atoms with Crippen molar-refractivity contribution in [1.29, 1.82) is 0 Å². The third-order valence-electron chi connectivity index (χ3n) is 2.18. The lowest BCUT2D eigenvalue weighted by atomic mass is 10.0. The number of aliphatic hydroxyl groups is 1. The molecule has 0 saturated carbocycles. The quantitative estimate of drug-likeness (QED) is 0.637. The fourth-order valence-electron chi connectivity index (χ4n) is 1.22. The molecule has 1 atom stereocenters.